The highest BCUT2D eigenvalue weighted by molar-refractivity contribution is 5.58. The Hall–Kier alpha value is -0.370. The summed E-state index contributed by atoms with van der Waals surface area (Å²) < 4.78 is 5.32. The summed E-state index contributed by atoms with van der Waals surface area (Å²) in [6.07, 6.45) is 4.54. The molecule has 0 N–H and O–H groups in total. The summed E-state index contributed by atoms with van der Waals surface area (Å²) in [5.74, 6) is 1.03. The van der Waals surface area contributed by atoms with E-state index in [9.17, 15) is 4.79 Å². The van der Waals surface area contributed by atoms with E-state index in [1.807, 2.05) is 0 Å². The Morgan fingerprint density at radius 3 is 2.58 bits per heavy atom. The van der Waals surface area contributed by atoms with Gasteiger partial charge in [0.15, 0.2) is 0 Å². The molecule has 2 fully saturated rings. The maximum absolute atomic E-state index is 10.5. The lowest BCUT2D eigenvalue weighted by Crippen LogP contribution is -2.29. The first-order valence-corrected chi connectivity index (χ1v) is 4.79. The van der Waals surface area contributed by atoms with E-state index >= 15 is 0 Å². The molecule has 1 aliphatic heterocycles. The monoisotopic (exact) mass is 168 g/mol. The number of hydrogen-bond donors (Lipinski definition) is 0. The van der Waals surface area contributed by atoms with Crippen LogP contribution >= 0.6 is 0 Å². The molecule has 0 unspecified atom stereocenters. The van der Waals surface area contributed by atoms with Crippen molar-refractivity contribution in [1.29, 1.82) is 0 Å². The standard InChI is InChI=1S/C10H16O2/c1-10(2-4-12-5-3-10)9-6-8(9)7-11/h7-9H,2-6H2,1H3/t8-,9+/m0/s1. The molecule has 2 aliphatic rings. The maximum Gasteiger partial charge on any atom is 0.123 e. The molecular formula is C10H16O2. The lowest BCUT2D eigenvalue weighted by atomic mass is 9.77. The molecule has 1 aliphatic carbocycles. The van der Waals surface area contributed by atoms with E-state index in [0.29, 0.717) is 17.3 Å². The molecule has 0 aromatic carbocycles. The van der Waals surface area contributed by atoms with Crippen LogP contribution in [0.5, 0.6) is 0 Å². The van der Waals surface area contributed by atoms with E-state index in [4.69, 9.17) is 4.74 Å². The average molecular weight is 168 g/mol. The van der Waals surface area contributed by atoms with Gasteiger partial charge in [-0.2, -0.15) is 0 Å². The van der Waals surface area contributed by atoms with E-state index in [2.05, 4.69) is 6.92 Å². The number of ether oxygens (including phenoxy) is 1. The first-order valence-electron chi connectivity index (χ1n) is 4.79. The zero-order chi connectivity index (χ0) is 8.60. The van der Waals surface area contributed by atoms with Crippen molar-refractivity contribution >= 4 is 6.29 Å². The Balaban J connectivity index is 1.96. The summed E-state index contributed by atoms with van der Waals surface area (Å²) in [6.45, 7) is 4.08. The van der Waals surface area contributed by atoms with Gasteiger partial charge in [-0.1, -0.05) is 6.92 Å². The molecule has 2 nitrogen and oxygen atoms in total. The summed E-state index contributed by atoms with van der Waals surface area (Å²) in [4.78, 5) is 10.5. The third-order valence-electron chi connectivity index (χ3n) is 3.54. The molecule has 12 heavy (non-hydrogen) atoms. The van der Waals surface area contributed by atoms with Crippen LogP contribution in [0, 0.1) is 17.3 Å². The largest absolute Gasteiger partial charge is 0.381 e. The molecule has 0 aromatic rings. The van der Waals surface area contributed by atoms with Gasteiger partial charge in [-0.3, -0.25) is 0 Å². The second-order valence-corrected chi connectivity index (χ2v) is 4.41. The third-order valence-corrected chi connectivity index (χ3v) is 3.54. The van der Waals surface area contributed by atoms with Gasteiger partial charge in [-0.25, -0.2) is 0 Å². The molecule has 0 radical (unpaired) electrons. The third kappa shape index (κ3) is 1.28. The Morgan fingerprint density at radius 1 is 1.42 bits per heavy atom. The highest BCUT2D eigenvalue weighted by Gasteiger charge is 2.49. The summed E-state index contributed by atoms with van der Waals surface area (Å²) in [5, 5.41) is 0. The molecule has 0 aromatic heterocycles. The Kier molecular flexibility index (Phi) is 1.95. The van der Waals surface area contributed by atoms with Gasteiger partial charge < -0.3 is 9.53 Å². The van der Waals surface area contributed by atoms with Crippen molar-refractivity contribution in [2.75, 3.05) is 13.2 Å². The van der Waals surface area contributed by atoms with Crippen LogP contribution in [-0.4, -0.2) is 19.5 Å². The van der Waals surface area contributed by atoms with Crippen LogP contribution in [-0.2, 0) is 9.53 Å². The SMILES string of the molecule is CC1([C@@H]2C[C@H]2C=O)CCOCC1. The van der Waals surface area contributed by atoms with Crippen molar-refractivity contribution in [2.45, 2.75) is 26.2 Å². The highest BCUT2D eigenvalue weighted by atomic mass is 16.5. The van der Waals surface area contributed by atoms with Gasteiger partial charge in [0.2, 0.25) is 0 Å². The fourth-order valence-electron chi connectivity index (χ4n) is 2.37. The van der Waals surface area contributed by atoms with Gasteiger partial charge in [-0.15, -0.1) is 0 Å². The second kappa shape index (κ2) is 2.84. The molecule has 1 saturated heterocycles. The van der Waals surface area contributed by atoms with Crippen LogP contribution in [0.2, 0.25) is 0 Å². The fraction of sp³-hybridized carbons (Fsp3) is 0.900. The molecule has 2 rings (SSSR count). The van der Waals surface area contributed by atoms with Crippen molar-refractivity contribution in [3.8, 4) is 0 Å². The zero-order valence-corrected chi connectivity index (χ0v) is 7.58. The van der Waals surface area contributed by atoms with Gasteiger partial charge in [-0.05, 0) is 30.6 Å². The summed E-state index contributed by atoms with van der Waals surface area (Å²) in [5.41, 5.74) is 0.407. The quantitative estimate of drug-likeness (QED) is 0.586. The van der Waals surface area contributed by atoms with Crippen molar-refractivity contribution in [3.05, 3.63) is 0 Å². The first-order chi connectivity index (χ1) is 5.76. The molecule has 0 spiro atoms. The average Bonchev–Trinajstić information content (AvgIpc) is 2.84. The lowest BCUT2D eigenvalue weighted by Gasteiger charge is -2.33. The second-order valence-electron chi connectivity index (χ2n) is 4.41. The molecular weight excluding hydrogens is 152 g/mol. The predicted octanol–water partition coefficient (Wildman–Crippen LogP) is 1.64. The van der Waals surface area contributed by atoms with E-state index in [1.165, 1.54) is 0 Å². The molecule has 2 heteroatoms. The number of hydrogen-bond acceptors (Lipinski definition) is 2. The number of rotatable bonds is 2. The molecule has 0 amide bonds. The first kappa shape index (κ1) is 8.24. The number of carbonyl (C=O) groups excluding carboxylic acids is 1. The Morgan fingerprint density at radius 2 is 2.08 bits per heavy atom. The molecule has 2 atom stereocenters. The van der Waals surface area contributed by atoms with Crippen LogP contribution in [0.25, 0.3) is 0 Å². The zero-order valence-electron chi connectivity index (χ0n) is 7.58. The summed E-state index contributed by atoms with van der Waals surface area (Å²) in [7, 11) is 0. The molecule has 68 valence electrons. The van der Waals surface area contributed by atoms with Crippen molar-refractivity contribution in [2.24, 2.45) is 17.3 Å². The van der Waals surface area contributed by atoms with Gasteiger partial charge in [0.05, 0.1) is 0 Å². The smallest absolute Gasteiger partial charge is 0.123 e. The number of carbonyl (C=O) groups is 1. The van der Waals surface area contributed by atoms with E-state index in [0.717, 1.165) is 38.8 Å². The van der Waals surface area contributed by atoms with Gasteiger partial charge in [0.1, 0.15) is 6.29 Å². The van der Waals surface area contributed by atoms with Gasteiger partial charge in [0.25, 0.3) is 0 Å². The van der Waals surface area contributed by atoms with Crippen LogP contribution in [0.1, 0.15) is 26.2 Å². The van der Waals surface area contributed by atoms with E-state index < -0.39 is 0 Å². The predicted molar refractivity (Wildman–Crippen MR) is 45.8 cm³/mol. The van der Waals surface area contributed by atoms with Gasteiger partial charge in [0, 0.05) is 19.1 Å². The van der Waals surface area contributed by atoms with Gasteiger partial charge >= 0.3 is 0 Å². The molecule has 1 saturated carbocycles. The minimum absolute atomic E-state index is 0.369. The van der Waals surface area contributed by atoms with E-state index in [1.54, 1.807) is 0 Å². The fourth-order valence-corrected chi connectivity index (χ4v) is 2.37. The minimum atomic E-state index is 0.369. The van der Waals surface area contributed by atoms with Crippen LogP contribution in [0.3, 0.4) is 0 Å². The van der Waals surface area contributed by atoms with Crippen LogP contribution in [0.4, 0.5) is 0 Å². The molecule has 0 bridgehead atoms. The topological polar surface area (TPSA) is 26.3 Å². The van der Waals surface area contributed by atoms with Crippen molar-refractivity contribution < 1.29 is 9.53 Å². The van der Waals surface area contributed by atoms with Crippen molar-refractivity contribution in [1.82, 2.24) is 0 Å². The van der Waals surface area contributed by atoms with Crippen LogP contribution < -0.4 is 0 Å². The Bertz CT molecular complexity index is 182. The Labute approximate surface area is 73.3 Å². The summed E-state index contributed by atoms with van der Waals surface area (Å²) >= 11 is 0. The number of aldehydes is 1. The van der Waals surface area contributed by atoms with Crippen LogP contribution in [0.15, 0.2) is 0 Å². The minimum Gasteiger partial charge on any atom is -0.381 e. The lowest BCUT2D eigenvalue weighted by molar-refractivity contribution is -0.109. The van der Waals surface area contributed by atoms with E-state index in [-0.39, 0.29) is 0 Å². The molecule has 1 heterocycles. The van der Waals surface area contributed by atoms with Crippen molar-refractivity contribution in [3.63, 3.8) is 0 Å². The maximum atomic E-state index is 10.5. The highest BCUT2D eigenvalue weighted by Crippen LogP contribution is 2.54. The summed E-state index contributed by atoms with van der Waals surface area (Å²) in [6, 6.07) is 0. The normalized spacial score (nSPS) is 39.1.